The van der Waals surface area contributed by atoms with Crippen molar-refractivity contribution in [1.82, 2.24) is 0 Å². The van der Waals surface area contributed by atoms with E-state index in [1.165, 1.54) is 5.56 Å². The lowest BCUT2D eigenvalue weighted by molar-refractivity contribution is 0.742. The van der Waals surface area contributed by atoms with E-state index in [9.17, 15) is 0 Å². The molecule has 2 aromatic carbocycles. The van der Waals surface area contributed by atoms with E-state index in [0.29, 0.717) is 0 Å². The second kappa shape index (κ2) is 6.40. The van der Waals surface area contributed by atoms with E-state index in [1.54, 1.807) is 0 Å². The normalized spacial score (nSPS) is 13.6. The summed E-state index contributed by atoms with van der Waals surface area (Å²) in [5, 5.41) is 3.19. The van der Waals surface area contributed by atoms with Crippen molar-refractivity contribution in [2.45, 2.75) is 18.9 Å². The average molecular weight is 266 g/mol. The number of anilines is 1. The molecule has 2 aromatic rings. The van der Waals surface area contributed by atoms with Gasteiger partial charge in [0.15, 0.2) is 0 Å². The van der Waals surface area contributed by atoms with E-state index in [0.717, 1.165) is 16.8 Å². The van der Waals surface area contributed by atoms with E-state index in [1.807, 2.05) is 43.4 Å². The highest BCUT2D eigenvalue weighted by molar-refractivity contribution is 5.54. The number of hydrogen-bond acceptors (Lipinski definition) is 2. The van der Waals surface area contributed by atoms with Gasteiger partial charge in [0.05, 0.1) is 6.04 Å². The topological polar surface area (TPSA) is 38.0 Å². The smallest absolute Gasteiger partial charge is 0.0534 e. The Bertz CT molecular complexity index is 575. The molecule has 0 amide bonds. The number of hydrogen-bond donors (Lipinski definition) is 2. The van der Waals surface area contributed by atoms with Crippen molar-refractivity contribution in [2.75, 3.05) is 12.4 Å². The van der Waals surface area contributed by atoms with Crippen molar-refractivity contribution in [3.05, 3.63) is 77.9 Å². The standard InChI is InChI=1S/C18H22N2/c1-13(15-9-5-4-6-10-15)14(2)18(19)16-11-7-8-12-17(16)20-3/h4-13,18,20H,2,19H2,1,3H3. The SMILES string of the molecule is C=C(C(C)c1ccccc1)C(N)c1ccccc1NC. The van der Waals surface area contributed by atoms with Gasteiger partial charge in [-0.2, -0.15) is 0 Å². The zero-order valence-electron chi connectivity index (χ0n) is 12.1. The molecule has 2 nitrogen and oxygen atoms in total. The zero-order valence-corrected chi connectivity index (χ0v) is 12.1. The van der Waals surface area contributed by atoms with Gasteiger partial charge in [0, 0.05) is 18.7 Å². The van der Waals surface area contributed by atoms with Gasteiger partial charge in [0.2, 0.25) is 0 Å². The zero-order chi connectivity index (χ0) is 14.5. The van der Waals surface area contributed by atoms with Crippen LogP contribution in [0.2, 0.25) is 0 Å². The van der Waals surface area contributed by atoms with Crippen LogP contribution in [0.15, 0.2) is 66.7 Å². The number of rotatable bonds is 5. The first-order valence-corrected chi connectivity index (χ1v) is 6.91. The summed E-state index contributed by atoms with van der Waals surface area (Å²) in [6, 6.07) is 18.3. The monoisotopic (exact) mass is 266 g/mol. The minimum atomic E-state index is -0.172. The predicted molar refractivity (Wildman–Crippen MR) is 86.9 cm³/mol. The highest BCUT2D eigenvalue weighted by Gasteiger charge is 2.19. The van der Waals surface area contributed by atoms with Crippen LogP contribution in [0.3, 0.4) is 0 Å². The Morgan fingerprint density at radius 1 is 1.05 bits per heavy atom. The lowest BCUT2D eigenvalue weighted by Crippen LogP contribution is -2.17. The van der Waals surface area contributed by atoms with Crippen molar-refractivity contribution in [3.8, 4) is 0 Å². The second-order valence-corrected chi connectivity index (χ2v) is 5.02. The second-order valence-electron chi connectivity index (χ2n) is 5.02. The Labute approximate surface area is 121 Å². The summed E-state index contributed by atoms with van der Waals surface area (Å²) in [6.07, 6.45) is 0. The van der Waals surface area contributed by atoms with Gasteiger partial charge < -0.3 is 11.1 Å². The van der Waals surface area contributed by atoms with Gasteiger partial charge in [-0.05, 0) is 22.8 Å². The molecule has 0 spiro atoms. The minimum Gasteiger partial charge on any atom is -0.388 e. The molecule has 0 radical (unpaired) electrons. The summed E-state index contributed by atoms with van der Waals surface area (Å²) < 4.78 is 0. The Kier molecular flexibility index (Phi) is 4.59. The summed E-state index contributed by atoms with van der Waals surface area (Å²) in [4.78, 5) is 0. The summed E-state index contributed by atoms with van der Waals surface area (Å²) in [5.74, 6) is 0.233. The number of benzene rings is 2. The van der Waals surface area contributed by atoms with Crippen molar-refractivity contribution in [1.29, 1.82) is 0 Å². The molecule has 20 heavy (non-hydrogen) atoms. The molecule has 0 aliphatic rings. The molecule has 0 aliphatic carbocycles. The van der Waals surface area contributed by atoms with Crippen molar-refractivity contribution in [3.63, 3.8) is 0 Å². The van der Waals surface area contributed by atoms with Crippen LogP contribution >= 0.6 is 0 Å². The largest absolute Gasteiger partial charge is 0.388 e. The maximum atomic E-state index is 6.41. The van der Waals surface area contributed by atoms with Crippen molar-refractivity contribution in [2.24, 2.45) is 5.73 Å². The average Bonchev–Trinajstić information content (AvgIpc) is 2.53. The summed E-state index contributed by atoms with van der Waals surface area (Å²) >= 11 is 0. The van der Waals surface area contributed by atoms with Gasteiger partial charge in [0.25, 0.3) is 0 Å². The fraction of sp³-hybridized carbons (Fsp3) is 0.222. The van der Waals surface area contributed by atoms with Crippen LogP contribution < -0.4 is 11.1 Å². The van der Waals surface area contributed by atoms with E-state index in [2.05, 4.69) is 37.0 Å². The summed E-state index contributed by atoms with van der Waals surface area (Å²) in [7, 11) is 1.91. The molecule has 0 saturated heterocycles. The molecule has 0 fully saturated rings. The van der Waals surface area contributed by atoms with Gasteiger partial charge in [-0.25, -0.2) is 0 Å². The first kappa shape index (κ1) is 14.4. The first-order valence-electron chi connectivity index (χ1n) is 6.91. The van der Waals surface area contributed by atoms with Crippen LogP contribution in [0.1, 0.15) is 30.0 Å². The fourth-order valence-corrected chi connectivity index (χ4v) is 2.42. The molecule has 3 N–H and O–H groups in total. The molecule has 2 heteroatoms. The quantitative estimate of drug-likeness (QED) is 0.800. The molecule has 0 bridgehead atoms. The Balaban J connectivity index is 2.24. The van der Waals surface area contributed by atoms with Gasteiger partial charge >= 0.3 is 0 Å². The van der Waals surface area contributed by atoms with E-state index in [4.69, 9.17) is 5.73 Å². The Hall–Kier alpha value is -2.06. The lowest BCUT2D eigenvalue weighted by atomic mass is 9.86. The van der Waals surface area contributed by atoms with Gasteiger partial charge in [-0.1, -0.05) is 62.0 Å². The Morgan fingerprint density at radius 3 is 2.30 bits per heavy atom. The number of nitrogens with two attached hydrogens (primary N) is 1. The third kappa shape index (κ3) is 2.91. The van der Waals surface area contributed by atoms with Crippen molar-refractivity contribution < 1.29 is 0 Å². The van der Waals surface area contributed by atoms with Crippen LogP contribution in [0.25, 0.3) is 0 Å². The molecule has 2 rings (SSSR count). The van der Waals surface area contributed by atoms with Gasteiger partial charge in [0.1, 0.15) is 0 Å². The van der Waals surface area contributed by atoms with Gasteiger partial charge in [-0.3, -0.25) is 0 Å². The molecule has 0 aliphatic heterocycles. The molecule has 2 atom stereocenters. The molecule has 0 aromatic heterocycles. The molecular formula is C18H22N2. The fourth-order valence-electron chi connectivity index (χ4n) is 2.42. The molecule has 104 valence electrons. The summed E-state index contributed by atoms with van der Waals surface area (Å²) in [5.41, 5.74) is 10.8. The van der Waals surface area contributed by atoms with Crippen LogP contribution in [-0.2, 0) is 0 Å². The lowest BCUT2D eigenvalue weighted by Gasteiger charge is -2.23. The van der Waals surface area contributed by atoms with Gasteiger partial charge in [-0.15, -0.1) is 0 Å². The van der Waals surface area contributed by atoms with E-state index >= 15 is 0 Å². The predicted octanol–water partition coefficient (Wildman–Crippen LogP) is 4.09. The highest BCUT2D eigenvalue weighted by Crippen LogP contribution is 2.33. The highest BCUT2D eigenvalue weighted by atomic mass is 14.8. The van der Waals surface area contributed by atoms with E-state index < -0.39 is 0 Å². The maximum Gasteiger partial charge on any atom is 0.0534 e. The Morgan fingerprint density at radius 2 is 1.65 bits per heavy atom. The van der Waals surface area contributed by atoms with Crippen molar-refractivity contribution >= 4 is 5.69 Å². The van der Waals surface area contributed by atoms with E-state index in [-0.39, 0.29) is 12.0 Å². The minimum absolute atomic E-state index is 0.172. The first-order chi connectivity index (χ1) is 9.65. The number of nitrogens with one attached hydrogen (secondary N) is 1. The van der Waals surface area contributed by atoms with Crippen LogP contribution in [0.5, 0.6) is 0 Å². The maximum absolute atomic E-state index is 6.41. The molecular weight excluding hydrogens is 244 g/mol. The molecule has 0 heterocycles. The van der Waals surface area contributed by atoms with Crippen LogP contribution in [0.4, 0.5) is 5.69 Å². The van der Waals surface area contributed by atoms with Crippen LogP contribution in [-0.4, -0.2) is 7.05 Å². The molecule has 0 saturated carbocycles. The third-order valence-electron chi connectivity index (χ3n) is 3.82. The number of para-hydroxylation sites is 1. The summed E-state index contributed by atoms with van der Waals surface area (Å²) in [6.45, 7) is 6.38. The molecule has 2 unspecified atom stereocenters. The third-order valence-corrected chi connectivity index (χ3v) is 3.82. The van der Waals surface area contributed by atoms with Crippen LogP contribution in [0, 0.1) is 0 Å².